The highest BCUT2D eigenvalue weighted by Gasteiger charge is 2.09. The Morgan fingerprint density at radius 1 is 1.47 bits per heavy atom. The van der Waals surface area contributed by atoms with Gasteiger partial charge < -0.3 is 5.32 Å². The molecule has 0 aliphatic carbocycles. The summed E-state index contributed by atoms with van der Waals surface area (Å²) in [6.07, 6.45) is 0.434. The van der Waals surface area contributed by atoms with Crippen LogP contribution in [0.5, 0.6) is 0 Å². The van der Waals surface area contributed by atoms with E-state index in [1.807, 2.05) is 6.07 Å². The molecule has 0 unspecified atom stereocenters. The van der Waals surface area contributed by atoms with Crippen molar-refractivity contribution in [2.45, 2.75) is 13.0 Å². The first-order valence-corrected chi connectivity index (χ1v) is 4.44. The zero-order chi connectivity index (χ0) is 11.1. The summed E-state index contributed by atoms with van der Waals surface area (Å²) in [5.74, 6) is -0.221. The lowest BCUT2D eigenvalue weighted by atomic mass is 10.0. The quantitative estimate of drug-likeness (QED) is 0.572. The molecule has 0 bridgehead atoms. The molecule has 1 amide bonds. The number of benzene rings is 1. The molecular weight excluding hydrogens is 192 g/mol. The van der Waals surface area contributed by atoms with E-state index in [2.05, 4.69) is 5.32 Å². The van der Waals surface area contributed by atoms with Gasteiger partial charge in [-0.2, -0.15) is 5.26 Å². The van der Waals surface area contributed by atoms with Crippen LogP contribution < -0.4 is 5.32 Å². The number of carbonyl (C=O) groups is 2. The number of amides is 1. The number of hydrogen-bond donors (Lipinski definition) is 1. The molecule has 0 fully saturated rings. The first kappa shape index (κ1) is 10.9. The van der Waals surface area contributed by atoms with Crippen LogP contribution in [0.25, 0.3) is 0 Å². The van der Waals surface area contributed by atoms with Gasteiger partial charge in [-0.25, -0.2) is 0 Å². The molecule has 1 aromatic carbocycles. The maximum atomic E-state index is 11.5. The smallest absolute Gasteiger partial charge is 0.207 e. The fourth-order valence-corrected chi connectivity index (χ4v) is 1.27. The van der Waals surface area contributed by atoms with Crippen LogP contribution in [0.3, 0.4) is 0 Å². The molecule has 0 saturated heterocycles. The van der Waals surface area contributed by atoms with E-state index >= 15 is 0 Å². The molecule has 76 valence electrons. The Hall–Kier alpha value is -2.15. The standard InChI is InChI=1S/C11H10N2O2/c12-6-5-11(15)10-4-2-1-3-9(10)7-13-8-14/h1-4,8H,5,7H2,(H,13,14). The number of hydrogen-bond acceptors (Lipinski definition) is 3. The van der Waals surface area contributed by atoms with Crippen LogP contribution in [0.1, 0.15) is 22.3 Å². The number of nitrogens with one attached hydrogen (secondary N) is 1. The normalized spacial score (nSPS) is 9.00. The third kappa shape index (κ3) is 2.92. The summed E-state index contributed by atoms with van der Waals surface area (Å²) in [7, 11) is 0. The van der Waals surface area contributed by atoms with Crippen LogP contribution in [-0.4, -0.2) is 12.2 Å². The van der Waals surface area contributed by atoms with E-state index in [1.165, 1.54) is 0 Å². The Balaban J connectivity index is 2.91. The molecule has 0 radical (unpaired) electrons. The lowest BCUT2D eigenvalue weighted by molar-refractivity contribution is -0.109. The summed E-state index contributed by atoms with van der Waals surface area (Å²) >= 11 is 0. The number of carbonyl (C=O) groups excluding carboxylic acids is 2. The van der Waals surface area contributed by atoms with Crippen molar-refractivity contribution in [2.75, 3.05) is 0 Å². The lowest BCUT2D eigenvalue weighted by Crippen LogP contribution is -2.13. The summed E-state index contributed by atoms with van der Waals surface area (Å²) < 4.78 is 0. The summed E-state index contributed by atoms with van der Waals surface area (Å²) in [4.78, 5) is 21.6. The van der Waals surface area contributed by atoms with E-state index < -0.39 is 0 Å². The summed E-state index contributed by atoms with van der Waals surface area (Å²) in [6, 6.07) is 8.73. The van der Waals surface area contributed by atoms with Gasteiger partial charge in [-0.05, 0) is 5.56 Å². The summed E-state index contributed by atoms with van der Waals surface area (Å²) in [6.45, 7) is 0.302. The molecule has 0 heterocycles. The minimum atomic E-state index is -0.221. The molecule has 0 aliphatic rings. The zero-order valence-corrected chi connectivity index (χ0v) is 8.06. The molecule has 0 atom stereocenters. The SMILES string of the molecule is N#CCC(=O)c1ccccc1CNC=O. The molecule has 15 heavy (non-hydrogen) atoms. The van der Waals surface area contributed by atoms with Crippen LogP contribution in [-0.2, 0) is 11.3 Å². The van der Waals surface area contributed by atoms with Crippen molar-refractivity contribution >= 4 is 12.2 Å². The lowest BCUT2D eigenvalue weighted by Gasteiger charge is -2.05. The highest BCUT2D eigenvalue weighted by molar-refractivity contribution is 5.98. The Kier molecular flexibility index (Phi) is 4.05. The van der Waals surface area contributed by atoms with Crippen molar-refractivity contribution in [1.82, 2.24) is 5.32 Å². The summed E-state index contributed by atoms with van der Waals surface area (Å²) in [5, 5.41) is 10.9. The van der Waals surface area contributed by atoms with E-state index in [4.69, 9.17) is 5.26 Å². The number of nitriles is 1. The molecule has 4 nitrogen and oxygen atoms in total. The van der Waals surface area contributed by atoms with E-state index in [0.29, 0.717) is 18.5 Å². The van der Waals surface area contributed by atoms with E-state index in [9.17, 15) is 9.59 Å². The van der Waals surface area contributed by atoms with Crippen molar-refractivity contribution in [2.24, 2.45) is 0 Å². The fraction of sp³-hybridized carbons (Fsp3) is 0.182. The molecule has 1 rings (SSSR count). The van der Waals surface area contributed by atoms with Crippen LogP contribution in [0.4, 0.5) is 0 Å². The minimum absolute atomic E-state index is 0.141. The molecule has 4 heteroatoms. The van der Waals surface area contributed by atoms with Crippen molar-refractivity contribution in [3.05, 3.63) is 35.4 Å². The van der Waals surface area contributed by atoms with Crippen molar-refractivity contribution in [3.63, 3.8) is 0 Å². The van der Waals surface area contributed by atoms with Gasteiger partial charge in [-0.1, -0.05) is 24.3 Å². The summed E-state index contributed by atoms with van der Waals surface area (Å²) in [5.41, 5.74) is 1.22. The van der Waals surface area contributed by atoms with Crippen LogP contribution in [0, 0.1) is 11.3 Å². The van der Waals surface area contributed by atoms with E-state index in [0.717, 1.165) is 5.56 Å². The maximum Gasteiger partial charge on any atom is 0.207 e. The highest BCUT2D eigenvalue weighted by atomic mass is 16.1. The Bertz CT molecular complexity index is 407. The second-order valence-electron chi connectivity index (χ2n) is 2.91. The molecule has 0 saturated carbocycles. The van der Waals surface area contributed by atoms with Crippen molar-refractivity contribution < 1.29 is 9.59 Å². The third-order valence-corrected chi connectivity index (χ3v) is 1.93. The van der Waals surface area contributed by atoms with Gasteiger partial charge in [0.25, 0.3) is 0 Å². The second kappa shape index (κ2) is 5.55. The molecular formula is C11H10N2O2. The predicted octanol–water partition coefficient (Wildman–Crippen LogP) is 1.03. The Morgan fingerprint density at radius 2 is 2.20 bits per heavy atom. The first-order chi connectivity index (χ1) is 7.29. The van der Waals surface area contributed by atoms with Gasteiger partial charge in [0.05, 0.1) is 12.5 Å². The Labute approximate surface area is 87.5 Å². The van der Waals surface area contributed by atoms with Crippen LogP contribution in [0.15, 0.2) is 24.3 Å². The highest BCUT2D eigenvalue weighted by Crippen LogP contribution is 2.10. The third-order valence-electron chi connectivity index (χ3n) is 1.93. The van der Waals surface area contributed by atoms with Gasteiger partial charge in [0.1, 0.15) is 0 Å². The predicted molar refractivity (Wildman–Crippen MR) is 53.9 cm³/mol. The van der Waals surface area contributed by atoms with E-state index in [1.54, 1.807) is 24.3 Å². The van der Waals surface area contributed by atoms with Crippen molar-refractivity contribution in [3.8, 4) is 6.07 Å². The van der Waals surface area contributed by atoms with Crippen LogP contribution >= 0.6 is 0 Å². The van der Waals surface area contributed by atoms with Gasteiger partial charge in [0, 0.05) is 12.1 Å². The number of Topliss-reactive ketones (excluding diaryl/α,β-unsaturated/α-hetero) is 1. The largest absolute Gasteiger partial charge is 0.355 e. The second-order valence-corrected chi connectivity index (χ2v) is 2.91. The average Bonchev–Trinajstić information content (AvgIpc) is 2.27. The molecule has 1 aromatic rings. The Morgan fingerprint density at radius 3 is 2.87 bits per heavy atom. The van der Waals surface area contributed by atoms with Crippen LogP contribution in [0.2, 0.25) is 0 Å². The number of ketones is 1. The van der Waals surface area contributed by atoms with E-state index in [-0.39, 0.29) is 12.2 Å². The van der Waals surface area contributed by atoms with Crippen molar-refractivity contribution in [1.29, 1.82) is 5.26 Å². The van der Waals surface area contributed by atoms with Gasteiger partial charge in [0.2, 0.25) is 6.41 Å². The monoisotopic (exact) mass is 202 g/mol. The minimum Gasteiger partial charge on any atom is -0.355 e. The fourth-order valence-electron chi connectivity index (χ4n) is 1.27. The van der Waals surface area contributed by atoms with Gasteiger partial charge >= 0.3 is 0 Å². The molecule has 0 aromatic heterocycles. The first-order valence-electron chi connectivity index (χ1n) is 4.44. The average molecular weight is 202 g/mol. The maximum absolute atomic E-state index is 11.5. The van der Waals surface area contributed by atoms with Gasteiger partial charge in [-0.15, -0.1) is 0 Å². The number of nitrogens with zero attached hydrogens (tertiary/aromatic N) is 1. The molecule has 1 N–H and O–H groups in total. The molecule has 0 aliphatic heterocycles. The number of rotatable bonds is 5. The molecule has 0 spiro atoms. The topological polar surface area (TPSA) is 70.0 Å². The zero-order valence-electron chi connectivity index (χ0n) is 8.06. The van der Waals surface area contributed by atoms with Gasteiger partial charge in [0.15, 0.2) is 5.78 Å². The van der Waals surface area contributed by atoms with Gasteiger partial charge in [-0.3, -0.25) is 9.59 Å².